The summed E-state index contributed by atoms with van der Waals surface area (Å²) in [5.41, 5.74) is 11.7. The van der Waals surface area contributed by atoms with E-state index in [1.54, 1.807) is 17.4 Å². The molecule has 10 N–H and O–H groups in total. The number of carbonyl (C=O) groups excluding carboxylic acids is 5. The SMILES string of the molecule is NC(=O)C(CCCCNC(=O)c1ccc(N)cc1)NC(=O)C(CS(=O)(=O)O)NC(=O)C(CS(=O)(=O)O)NC=O. The second-order valence-corrected chi connectivity index (χ2v) is 11.2. The first-order valence-electron chi connectivity index (χ1n) is 11.2. The van der Waals surface area contributed by atoms with Crippen LogP contribution >= 0.6 is 0 Å². The van der Waals surface area contributed by atoms with E-state index in [0.29, 0.717) is 17.7 Å². The molecule has 218 valence electrons. The number of primary amides is 1. The fourth-order valence-corrected chi connectivity index (χ4v) is 4.45. The third-order valence-corrected chi connectivity index (χ3v) is 6.52. The van der Waals surface area contributed by atoms with Crippen LogP contribution in [0.3, 0.4) is 0 Å². The van der Waals surface area contributed by atoms with Crippen molar-refractivity contribution < 1.29 is 49.9 Å². The Balaban J connectivity index is 2.78. The minimum absolute atomic E-state index is 0.0521. The third kappa shape index (κ3) is 13.5. The molecule has 5 amide bonds. The molecule has 0 fully saturated rings. The predicted octanol–water partition coefficient (Wildman–Crippen LogP) is -3.49. The highest BCUT2D eigenvalue weighted by atomic mass is 32.2. The van der Waals surface area contributed by atoms with Crippen LogP contribution in [0.2, 0.25) is 0 Å². The normalized spacial score (nSPS) is 13.8. The lowest BCUT2D eigenvalue weighted by atomic mass is 10.1. The fraction of sp³-hybridized carbons (Fsp3) is 0.450. The van der Waals surface area contributed by atoms with Gasteiger partial charge >= 0.3 is 0 Å². The first kappa shape index (κ1) is 33.2. The molecule has 0 radical (unpaired) electrons. The quantitative estimate of drug-likeness (QED) is 0.0377. The molecule has 0 aliphatic heterocycles. The second-order valence-electron chi connectivity index (χ2n) is 8.23. The molecular formula is C20H30N6O11S2. The van der Waals surface area contributed by atoms with Crippen LogP contribution in [-0.4, -0.2) is 92.2 Å². The first-order valence-corrected chi connectivity index (χ1v) is 14.4. The number of hydrogen-bond donors (Lipinski definition) is 8. The highest BCUT2D eigenvalue weighted by Gasteiger charge is 2.32. The molecule has 3 atom stereocenters. The Hall–Kier alpha value is -3.81. The monoisotopic (exact) mass is 594 g/mol. The van der Waals surface area contributed by atoms with Crippen molar-refractivity contribution in [3.8, 4) is 0 Å². The molecule has 1 aromatic carbocycles. The highest BCUT2D eigenvalue weighted by molar-refractivity contribution is 7.86. The molecule has 0 spiro atoms. The van der Waals surface area contributed by atoms with Crippen molar-refractivity contribution in [2.24, 2.45) is 5.73 Å². The molecule has 17 nitrogen and oxygen atoms in total. The average molecular weight is 595 g/mol. The summed E-state index contributed by atoms with van der Waals surface area (Å²) in [7, 11) is -9.69. The summed E-state index contributed by atoms with van der Waals surface area (Å²) in [4.78, 5) is 59.6. The highest BCUT2D eigenvalue weighted by Crippen LogP contribution is 2.06. The Morgan fingerprint density at radius 1 is 0.846 bits per heavy atom. The lowest BCUT2D eigenvalue weighted by molar-refractivity contribution is -0.131. The van der Waals surface area contributed by atoms with E-state index in [1.165, 1.54) is 12.1 Å². The van der Waals surface area contributed by atoms with Crippen LogP contribution in [0, 0.1) is 0 Å². The van der Waals surface area contributed by atoms with Crippen LogP contribution < -0.4 is 32.7 Å². The Labute approximate surface area is 223 Å². The van der Waals surface area contributed by atoms with Gasteiger partial charge in [0.1, 0.15) is 29.6 Å². The lowest BCUT2D eigenvalue weighted by Gasteiger charge is -2.23. The zero-order valence-electron chi connectivity index (χ0n) is 20.4. The molecule has 39 heavy (non-hydrogen) atoms. The molecule has 0 aliphatic carbocycles. The van der Waals surface area contributed by atoms with Gasteiger partial charge in [0.15, 0.2) is 0 Å². The van der Waals surface area contributed by atoms with Gasteiger partial charge < -0.3 is 32.7 Å². The molecule has 0 aliphatic rings. The second kappa shape index (κ2) is 15.0. The number of anilines is 1. The van der Waals surface area contributed by atoms with E-state index in [9.17, 15) is 40.8 Å². The molecule has 0 saturated carbocycles. The molecule has 3 unspecified atom stereocenters. The van der Waals surface area contributed by atoms with Crippen molar-refractivity contribution in [1.82, 2.24) is 21.3 Å². The van der Waals surface area contributed by atoms with Crippen LogP contribution in [-0.2, 0) is 39.4 Å². The van der Waals surface area contributed by atoms with Crippen molar-refractivity contribution >= 4 is 56.0 Å². The van der Waals surface area contributed by atoms with E-state index in [-0.39, 0.29) is 31.7 Å². The minimum Gasteiger partial charge on any atom is -0.399 e. The van der Waals surface area contributed by atoms with Crippen molar-refractivity contribution in [3.63, 3.8) is 0 Å². The maximum Gasteiger partial charge on any atom is 0.267 e. The molecule has 0 saturated heterocycles. The number of unbranched alkanes of at least 4 members (excludes halogenated alkanes) is 1. The molecule has 19 heteroatoms. The lowest BCUT2D eigenvalue weighted by Crippen LogP contribution is -2.58. The predicted molar refractivity (Wildman–Crippen MR) is 136 cm³/mol. The van der Waals surface area contributed by atoms with Gasteiger partial charge in [-0.05, 0) is 43.5 Å². The average Bonchev–Trinajstić information content (AvgIpc) is 2.80. The van der Waals surface area contributed by atoms with Crippen molar-refractivity contribution in [1.29, 1.82) is 0 Å². The van der Waals surface area contributed by atoms with Crippen LogP contribution in [0.1, 0.15) is 29.6 Å². The van der Waals surface area contributed by atoms with E-state index in [4.69, 9.17) is 20.6 Å². The van der Waals surface area contributed by atoms with E-state index < -0.39 is 67.6 Å². The van der Waals surface area contributed by atoms with Crippen molar-refractivity contribution in [2.75, 3.05) is 23.8 Å². The fourth-order valence-electron chi connectivity index (χ4n) is 3.13. The van der Waals surface area contributed by atoms with Gasteiger partial charge in [0.25, 0.3) is 26.1 Å². The van der Waals surface area contributed by atoms with Gasteiger partial charge in [-0.2, -0.15) is 16.8 Å². The van der Waals surface area contributed by atoms with Gasteiger partial charge in [-0.3, -0.25) is 33.1 Å². The molecule has 0 heterocycles. The first-order chi connectivity index (χ1) is 18.0. The number of amides is 5. The maximum atomic E-state index is 12.7. The van der Waals surface area contributed by atoms with E-state index in [1.807, 2.05) is 5.32 Å². The molecule has 0 bridgehead atoms. The number of nitrogens with one attached hydrogen (secondary N) is 4. The zero-order valence-corrected chi connectivity index (χ0v) is 22.0. The summed E-state index contributed by atoms with van der Waals surface area (Å²) in [5.74, 6) is -6.74. The summed E-state index contributed by atoms with van der Waals surface area (Å²) in [5, 5.41) is 8.40. The maximum absolute atomic E-state index is 12.7. The van der Waals surface area contributed by atoms with E-state index in [2.05, 4.69) is 10.6 Å². The standard InChI is InChI=1S/C20H30N6O11S2/c21-13-6-4-12(5-7-13)18(29)23-8-2-1-3-14(17(22)28)25-20(31)16(10-39(35,36)37)26-19(30)15(24-11-27)9-38(32,33)34/h4-7,11,14-16H,1-3,8-10,21H2,(H2,22,28)(H,23,29)(H,24,27)(H,25,31)(H,26,30)(H,32,33,34)(H,35,36,37). The van der Waals surface area contributed by atoms with Crippen molar-refractivity contribution in [2.45, 2.75) is 37.4 Å². The number of nitrogens with two attached hydrogens (primary N) is 2. The summed E-state index contributed by atoms with van der Waals surface area (Å²) >= 11 is 0. The van der Waals surface area contributed by atoms with Gasteiger partial charge in [-0.15, -0.1) is 0 Å². The Kier molecular flexibility index (Phi) is 12.7. The van der Waals surface area contributed by atoms with Gasteiger partial charge in [0.05, 0.1) is 0 Å². The summed E-state index contributed by atoms with van der Waals surface area (Å²) < 4.78 is 63.0. The number of rotatable bonds is 17. The molecule has 0 aromatic heterocycles. The summed E-state index contributed by atoms with van der Waals surface area (Å²) in [6.07, 6.45) is 0.475. The number of carbonyl (C=O) groups is 5. The van der Waals surface area contributed by atoms with Gasteiger partial charge in [0, 0.05) is 17.8 Å². The van der Waals surface area contributed by atoms with Crippen LogP contribution in [0.4, 0.5) is 5.69 Å². The van der Waals surface area contributed by atoms with Crippen LogP contribution in [0.5, 0.6) is 0 Å². The zero-order chi connectivity index (χ0) is 29.8. The van der Waals surface area contributed by atoms with Crippen molar-refractivity contribution in [3.05, 3.63) is 29.8 Å². The summed E-state index contributed by atoms with van der Waals surface area (Å²) in [6.45, 7) is 0.197. The van der Waals surface area contributed by atoms with E-state index >= 15 is 0 Å². The smallest absolute Gasteiger partial charge is 0.267 e. The van der Waals surface area contributed by atoms with Gasteiger partial charge in [-0.1, -0.05) is 0 Å². The third-order valence-electron chi connectivity index (χ3n) is 5.01. The van der Waals surface area contributed by atoms with Crippen LogP contribution in [0.15, 0.2) is 24.3 Å². The van der Waals surface area contributed by atoms with Gasteiger partial charge in [-0.25, -0.2) is 0 Å². The Morgan fingerprint density at radius 3 is 1.87 bits per heavy atom. The number of benzene rings is 1. The molecule has 1 rings (SSSR count). The van der Waals surface area contributed by atoms with Crippen LogP contribution in [0.25, 0.3) is 0 Å². The molecular weight excluding hydrogens is 564 g/mol. The number of hydrogen-bond acceptors (Lipinski definition) is 10. The number of nitrogen functional groups attached to an aromatic ring is 1. The molecule has 1 aromatic rings. The summed E-state index contributed by atoms with van der Waals surface area (Å²) in [6, 6.07) is 0.847. The minimum atomic E-state index is -4.90. The Bertz CT molecular complexity index is 1250. The largest absolute Gasteiger partial charge is 0.399 e. The van der Waals surface area contributed by atoms with Gasteiger partial charge in [0.2, 0.25) is 24.1 Å². The van der Waals surface area contributed by atoms with E-state index in [0.717, 1.165) is 0 Å². The topological polar surface area (TPSA) is 294 Å². The Morgan fingerprint density at radius 2 is 1.36 bits per heavy atom.